The molecule has 0 aliphatic carbocycles. The second-order valence-corrected chi connectivity index (χ2v) is 6.64. The first kappa shape index (κ1) is 21.6. The van der Waals surface area contributed by atoms with E-state index in [4.69, 9.17) is 9.47 Å². The highest BCUT2D eigenvalue weighted by atomic mass is 16.5. The van der Waals surface area contributed by atoms with Crippen LogP contribution in [-0.4, -0.2) is 29.9 Å². The molecule has 1 unspecified atom stereocenters. The molecule has 2 N–H and O–H groups in total. The number of nitrogens with one attached hydrogen (secondary N) is 2. The van der Waals surface area contributed by atoms with Crippen molar-refractivity contribution in [1.29, 1.82) is 0 Å². The van der Waals surface area contributed by atoms with Crippen molar-refractivity contribution in [2.24, 2.45) is 0 Å². The fourth-order valence-electron chi connectivity index (χ4n) is 2.61. The quantitative estimate of drug-likeness (QED) is 0.540. The third-order valence-corrected chi connectivity index (χ3v) is 4.30. The van der Waals surface area contributed by atoms with Crippen molar-refractivity contribution < 1.29 is 19.1 Å². The number of amides is 2. The van der Waals surface area contributed by atoms with Gasteiger partial charge in [0.05, 0.1) is 7.11 Å². The molecule has 0 saturated heterocycles. The van der Waals surface area contributed by atoms with E-state index in [1.165, 1.54) is 6.08 Å². The van der Waals surface area contributed by atoms with Gasteiger partial charge in [-0.1, -0.05) is 12.1 Å². The summed E-state index contributed by atoms with van der Waals surface area (Å²) in [5.41, 5.74) is 1.45. The number of hydrogen-bond acceptors (Lipinski definition) is 5. The summed E-state index contributed by atoms with van der Waals surface area (Å²) in [6.07, 6.45) is 6.34. The SMILES string of the molecule is COc1ccc(/C=C/C(=O)NC(C)C(=O)Nc2ccc(Oc3ccncc3)cc2)cc1. The maximum atomic E-state index is 12.4. The number of carbonyl (C=O) groups excluding carboxylic acids is 2. The Kier molecular flexibility index (Phi) is 7.37. The van der Waals surface area contributed by atoms with Gasteiger partial charge in [0.25, 0.3) is 0 Å². The highest BCUT2D eigenvalue weighted by Crippen LogP contribution is 2.22. The van der Waals surface area contributed by atoms with Gasteiger partial charge in [-0.2, -0.15) is 0 Å². The number of anilines is 1. The van der Waals surface area contributed by atoms with Crippen LogP contribution < -0.4 is 20.1 Å². The molecule has 0 spiro atoms. The lowest BCUT2D eigenvalue weighted by atomic mass is 10.2. The minimum absolute atomic E-state index is 0.325. The molecule has 0 radical (unpaired) electrons. The van der Waals surface area contributed by atoms with E-state index in [0.717, 1.165) is 11.3 Å². The van der Waals surface area contributed by atoms with Crippen LogP contribution in [0.25, 0.3) is 6.08 Å². The summed E-state index contributed by atoms with van der Waals surface area (Å²) in [7, 11) is 1.59. The lowest BCUT2D eigenvalue weighted by Gasteiger charge is -2.13. The van der Waals surface area contributed by atoms with Gasteiger partial charge >= 0.3 is 0 Å². The normalized spacial score (nSPS) is 11.5. The van der Waals surface area contributed by atoms with E-state index in [1.807, 2.05) is 12.1 Å². The Morgan fingerprint density at radius 3 is 2.16 bits per heavy atom. The molecule has 1 atom stereocenters. The molecule has 1 heterocycles. The van der Waals surface area contributed by atoms with Gasteiger partial charge in [-0.05, 0) is 67.1 Å². The van der Waals surface area contributed by atoms with Crippen molar-refractivity contribution in [2.75, 3.05) is 12.4 Å². The van der Waals surface area contributed by atoms with E-state index in [-0.39, 0.29) is 11.8 Å². The van der Waals surface area contributed by atoms with E-state index in [9.17, 15) is 9.59 Å². The molecule has 3 aromatic rings. The van der Waals surface area contributed by atoms with Crippen LogP contribution in [0.1, 0.15) is 12.5 Å². The highest BCUT2D eigenvalue weighted by Gasteiger charge is 2.14. The summed E-state index contributed by atoms with van der Waals surface area (Å²) in [6, 6.07) is 17.0. The second kappa shape index (κ2) is 10.6. The molecular weight excluding hydrogens is 394 g/mol. The number of pyridine rings is 1. The highest BCUT2D eigenvalue weighted by molar-refractivity contribution is 5.99. The molecule has 7 nitrogen and oxygen atoms in total. The molecule has 0 saturated carbocycles. The number of benzene rings is 2. The van der Waals surface area contributed by atoms with E-state index >= 15 is 0 Å². The molecule has 2 amide bonds. The Hall–Kier alpha value is -4.13. The lowest BCUT2D eigenvalue weighted by molar-refractivity contribution is -0.123. The summed E-state index contributed by atoms with van der Waals surface area (Å²) in [6.45, 7) is 1.62. The van der Waals surface area contributed by atoms with Crippen molar-refractivity contribution in [1.82, 2.24) is 10.3 Å². The zero-order valence-corrected chi connectivity index (χ0v) is 17.2. The maximum absolute atomic E-state index is 12.4. The largest absolute Gasteiger partial charge is 0.497 e. The van der Waals surface area contributed by atoms with Crippen molar-refractivity contribution >= 4 is 23.6 Å². The second-order valence-electron chi connectivity index (χ2n) is 6.64. The first-order chi connectivity index (χ1) is 15.0. The van der Waals surface area contributed by atoms with Crippen LogP contribution in [0.4, 0.5) is 5.69 Å². The van der Waals surface area contributed by atoms with E-state index in [1.54, 1.807) is 81.0 Å². The van der Waals surface area contributed by atoms with Gasteiger partial charge in [-0.3, -0.25) is 14.6 Å². The minimum atomic E-state index is -0.708. The predicted molar refractivity (Wildman–Crippen MR) is 119 cm³/mol. The summed E-state index contributed by atoms with van der Waals surface area (Å²) >= 11 is 0. The molecule has 31 heavy (non-hydrogen) atoms. The first-order valence-electron chi connectivity index (χ1n) is 9.65. The molecule has 0 fully saturated rings. The minimum Gasteiger partial charge on any atom is -0.497 e. The molecule has 3 rings (SSSR count). The van der Waals surface area contributed by atoms with Gasteiger partial charge in [0, 0.05) is 24.2 Å². The molecule has 1 aromatic heterocycles. The van der Waals surface area contributed by atoms with Gasteiger partial charge in [0.1, 0.15) is 23.3 Å². The smallest absolute Gasteiger partial charge is 0.246 e. The van der Waals surface area contributed by atoms with Gasteiger partial charge in [-0.15, -0.1) is 0 Å². The average Bonchev–Trinajstić information content (AvgIpc) is 2.80. The average molecular weight is 417 g/mol. The molecular formula is C24H23N3O4. The number of methoxy groups -OCH3 is 1. The number of hydrogen-bond donors (Lipinski definition) is 2. The first-order valence-corrected chi connectivity index (χ1v) is 9.65. The predicted octanol–water partition coefficient (Wildman–Crippen LogP) is 4.04. The molecule has 0 aliphatic rings. The van der Waals surface area contributed by atoms with Crippen LogP contribution in [0.2, 0.25) is 0 Å². The van der Waals surface area contributed by atoms with Gasteiger partial charge < -0.3 is 20.1 Å². The molecule has 0 aliphatic heterocycles. The summed E-state index contributed by atoms with van der Waals surface area (Å²) in [5.74, 6) is 1.36. The van der Waals surface area contributed by atoms with Crippen LogP contribution in [0.15, 0.2) is 79.1 Å². The fraction of sp³-hybridized carbons (Fsp3) is 0.125. The standard InChI is InChI=1S/C24H23N3O4/c1-17(26-23(28)12-5-18-3-8-20(30-2)9-4-18)24(29)27-19-6-10-21(11-7-19)31-22-13-15-25-16-14-22/h3-17H,1-2H3,(H,26,28)(H,27,29)/b12-5+. The van der Waals surface area contributed by atoms with E-state index < -0.39 is 6.04 Å². The summed E-state index contributed by atoms with van der Waals surface area (Å²) < 4.78 is 10.8. The van der Waals surface area contributed by atoms with Crippen molar-refractivity contribution in [3.63, 3.8) is 0 Å². The topological polar surface area (TPSA) is 89.5 Å². The van der Waals surface area contributed by atoms with Crippen molar-refractivity contribution in [3.8, 4) is 17.2 Å². The van der Waals surface area contributed by atoms with Gasteiger partial charge in [0.2, 0.25) is 11.8 Å². The van der Waals surface area contributed by atoms with Crippen molar-refractivity contribution in [2.45, 2.75) is 13.0 Å². The van der Waals surface area contributed by atoms with Crippen LogP contribution in [0.5, 0.6) is 17.2 Å². The van der Waals surface area contributed by atoms with Crippen LogP contribution in [-0.2, 0) is 9.59 Å². The zero-order chi connectivity index (χ0) is 22.1. The molecule has 2 aromatic carbocycles. The van der Waals surface area contributed by atoms with E-state index in [2.05, 4.69) is 15.6 Å². The van der Waals surface area contributed by atoms with Crippen LogP contribution in [0.3, 0.4) is 0 Å². The number of carbonyl (C=O) groups is 2. The monoisotopic (exact) mass is 417 g/mol. The number of nitrogens with zero attached hydrogens (tertiary/aromatic N) is 1. The molecule has 158 valence electrons. The number of rotatable bonds is 8. The molecule has 0 bridgehead atoms. The summed E-state index contributed by atoms with van der Waals surface area (Å²) in [5, 5.41) is 5.41. The Balaban J connectivity index is 1.49. The molecule has 7 heteroatoms. The van der Waals surface area contributed by atoms with E-state index in [0.29, 0.717) is 17.2 Å². The van der Waals surface area contributed by atoms with Gasteiger partial charge in [-0.25, -0.2) is 0 Å². The number of aromatic nitrogens is 1. The Morgan fingerprint density at radius 1 is 0.903 bits per heavy atom. The number of ether oxygens (including phenoxy) is 2. The Bertz CT molecular complexity index is 1030. The third-order valence-electron chi connectivity index (χ3n) is 4.30. The van der Waals surface area contributed by atoms with Crippen molar-refractivity contribution in [3.05, 3.63) is 84.7 Å². The third kappa shape index (κ3) is 6.71. The fourth-order valence-corrected chi connectivity index (χ4v) is 2.61. The van der Waals surface area contributed by atoms with Crippen LogP contribution >= 0.6 is 0 Å². The Labute approximate surface area is 180 Å². The lowest BCUT2D eigenvalue weighted by Crippen LogP contribution is -2.40. The zero-order valence-electron chi connectivity index (χ0n) is 17.2. The Morgan fingerprint density at radius 2 is 1.52 bits per heavy atom. The van der Waals surface area contributed by atoms with Gasteiger partial charge in [0.15, 0.2) is 0 Å². The van der Waals surface area contributed by atoms with Crippen LogP contribution in [0, 0.1) is 0 Å². The maximum Gasteiger partial charge on any atom is 0.246 e. The summed E-state index contributed by atoms with van der Waals surface area (Å²) in [4.78, 5) is 28.4.